The fourth-order valence-electron chi connectivity index (χ4n) is 4.59. The summed E-state index contributed by atoms with van der Waals surface area (Å²) in [7, 11) is -3.58. The normalized spacial score (nSPS) is 19.0. The molecule has 8 nitrogen and oxygen atoms in total. The molecule has 0 atom stereocenters. The van der Waals surface area contributed by atoms with Gasteiger partial charge in [0.25, 0.3) is 0 Å². The zero-order valence-electron chi connectivity index (χ0n) is 20.1. The van der Waals surface area contributed by atoms with E-state index in [9.17, 15) is 13.2 Å². The molecule has 182 valence electrons. The van der Waals surface area contributed by atoms with E-state index in [2.05, 4.69) is 30.7 Å². The first kappa shape index (κ1) is 24.2. The SMILES string of the molecule is CCC(=O)NCC1CN(S(=O)(=O)c2ccc3c(c2)nc(C(C)(C)C)n3CC2CCOCC2)C1. The number of carbonyl (C=O) groups excluding carboxylic acids is 1. The van der Waals surface area contributed by atoms with Crippen molar-refractivity contribution in [2.45, 2.75) is 63.8 Å². The first-order valence-corrected chi connectivity index (χ1v) is 13.4. The molecule has 2 fully saturated rings. The van der Waals surface area contributed by atoms with Gasteiger partial charge in [0, 0.05) is 57.1 Å². The summed E-state index contributed by atoms with van der Waals surface area (Å²) in [6.07, 6.45) is 2.50. The van der Waals surface area contributed by atoms with Crippen molar-refractivity contribution in [2.75, 3.05) is 32.8 Å². The van der Waals surface area contributed by atoms with E-state index in [0.29, 0.717) is 32.0 Å². The van der Waals surface area contributed by atoms with E-state index in [-0.39, 0.29) is 22.1 Å². The van der Waals surface area contributed by atoms with Crippen LogP contribution in [0.25, 0.3) is 11.0 Å². The van der Waals surface area contributed by atoms with E-state index in [4.69, 9.17) is 9.72 Å². The molecule has 0 spiro atoms. The van der Waals surface area contributed by atoms with Crippen LogP contribution in [0.3, 0.4) is 0 Å². The average molecular weight is 477 g/mol. The number of nitrogens with one attached hydrogen (secondary N) is 1. The van der Waals surface area contributed by atoms with Crippen LogP contribution in [0.5, 0.6) is 0 Å². The number of rotatable bonds is 7. The second-order valence-corrected chi connectivity index (χ2v) is 12.3. The van der Waals surface area contributed by atoms with Crippen molar-refractivity contribution in [1.82, 2.24) is 19.2 Å². The first-order valence-electron chi connectivity index (χ1n) is 11.9. The van der Waals surface area contributed by atoms with Crippen LogP contribution >= 0.6 is 0 Å². The molecule has 2 aliphatic rings. The first-order chi connectivity index (χ1) is 15.6. The minimum absolute atomic E-state index is 0.00671. The summed E-state index contributed by atoms with van der Waals surface area (Å²) < 4.78 is 35.7. The van der Waals surface area contributed by atoms with Gasteiger partial charge in [0.15, 0.2) is 0 Å². The third-order valence-electron chi connectivity index (χ3n) is 6.64. The quantitative estimate of drug-likeness (QED) is 0.663. The number of benzene rings is 1. The minimum atomic E-state index is -3.58. The Kier molecular flexibility index (Phi) is 6.85. The molecule has 1 amide bonds. The van der Waals surface area contributed by atoms with Gasteiger partial charge in [-0.3, -0.25) is 4.79 Å². The highest BCUT2D eigenvalue weighted by Gasteiger charge is 2.37. The van der Waals surface area contributed by atoms with Gasteiger partial charge in [0.05, 0.1) is 15.9 Å². The van der Waals surface area contributed by atoms with E-state index in [1.54, 1.807) is 19.1 Å². The molecule has 2 saturated heterocycles. The summed E-state index contributed by atoms with van der Waals surface area (Å²) in [6.45, 7) is 12.1. The maximum Gasteiger partial charge on any atom is 0.243 e. The minimum Gasteiger partial charge on any atom is -0.381 e. The maximum absolute atomic E-state index is 13.2. The van der Waals surface area contributed by atoms with Crippen molar-refractivity contribution in [1.29, 1.82) is 0 Å². The van der Waals surface area contributed by atoms with Gasteiger partial charge in [-0.15, -0.1) is 0 Å². The summed E-state index contributed by atoms with van der Waals surface area (Å²) in [5.41, 5.74) is 1.55. The topological polar surface area (TPSA) is 93.5 Å². The van der Waals surface area contributed by atoms with Crippen molar-refractivity contribution in [3.63, 3.8) is 0 Å². The van der Waals surface area contributed by atoms with Gasteiger partial charge < -0.3 is 14.6 Å². The number of amides is 1. The van der Waals surface area contributed by atoms with Crippen LogP contribution in [0.15, 0.2) is 23.1 Å². The Bertz CT molecular complexity index is 1110. The lowest BCUT2D eigenvalue weighted by Crippen LogP contribution is -2.53. The number of sulfonamides is 1. The smallest absolute Gasteiger partial charge is 0.243 e. The Morgan fingerprint density at radius 1 is 1.18 bits per heavy atom. The molecule has 1 N–H and O–H groups in total. The monoisotopic (exact) mass is 476 g/mol. The third kappa shape index (κ3) is 5.10. The third-order valence-corrected chi connectivity index (χ3v) is 8.47. The number of ether oxygens (including phenoxy) is 1. The summed E-state index contributed by atoms with van der Waals surface area (Å²) in [4.78, 5) is 16.6. The molecule has 4 rings (SSSR count). The van der Waals surface area contributed by atoms with Gasteiger partial charge in [-0.25, -0.2) is 13.4 Å². The standard InChI is InChI=1S/C24H36N4O4S/c1-5-22(29)25-13-18-14-27(15-18)33(30,31)19-6-7-21-20(12-19)26-23(24(2,3)4)28(21)16-17-8-10-32-11-9-17/h6-7,12,17-18H,5,8-11,13-16H2,1-4H3,(H,25,29). The lowest BCUT2D eigenvalue weighted by Gasteiger charge is -2.38. The number of carbonyl (C=O) groups is 1. The molecule has 33 heavy (non-hydrogen) atoms. The summed E-state index contributed by atoms with van der Waals surface area (Å²) in [5, 5.41) is 2.85. The van der Waals surface area contributed by atoms with Crippen molar-refractivity contribution in [3.05, 3.63) is 24.0 Å². The molecule has 1 aromatic heterocycles. The number of imidazole rings is 1. The number of hydrogen-bond acceptors (Lipinski definition) is 5. The van der Waals surface area contributed by atoms with Gasteiger partial charge in [-0.1, -0.05) is 27.7 Å². The lowest BCUT2D eigenvalue weighted by molar-refractivity contribution is -0.121. The average Bonchev–Trinajstić information content (AvgIpc) is 3.11. The van der Waals surface area contributed by atoms with E-state index in [0.717, 1.165) is 49.5 Å². The molecule has 2 aromatic rings. The van der Waals surface area contributed by atoms with E-state index < -0.39 is 10.0 Å². The van der Waals surface area contributed by atoms with Crippen LogP contribution in [0.2, 0.25) is 0 Å². The van der Waals surface area contributed by atoms with Crippen molar-refractivity contribution >= 4 is 27.0 Å². The molecule has 1 aromatic carbocycles. The number of hydrogen-bond donors (Lipinski definition) is 1. The Hall–Kier alpha value is -1.97. The van der Waals surface area contributed by atoms with E-state index in [1.807, 2.05) is 6.07 Å². The van der Waals surface area contributed by atoms with E-state index in [1.165, 1.54) is 4.31 Å². The number of nitrogens with zero attached hydrogens (tertiary/aromatic N) is 3. The Balaban J connectivity index is 1.56. The van der Waals surface area contributed by atoms with Gasteiger partial charge in [-0.05, 0) is 37.0 Å². The predicted molar refractivity (Wildman–Crippen MR) is 128 cm³/mol. The van der Waals surface area contributed by atoms with E-state index >= 15 is 0 Å². The highest BCUT2D eigenvalue weighted by atomic mass is 32.2. The maximum atomic E-state index is 13.2. The highest BCUT2D eigenvalue weighted by Crippen LogP contribution is 2.32. The number of aromatic nitrogens is 2. The van der Waals surface area contributed by atoms with Crippen LogP contribution in [-0.4, -0.2) is 61.0 Å². The summed E-state index contributed by atoms with van der Waals surface area (Å²) >= 11 is 0. The van der Waals surface area contributed by atoms with Crippen molar-refractivity contribution < 1.29 is 17.9 Å². The zero-order valence-corrected chi connectivity index (χ0v) is 21.0. The second-order valence-electron chi connectivity index (χ2n) is 10.3. The van der Waals surface area contributed by atoms with Crippen LogP contribution in [0.1, 0.15) is 52.8 Å². The van der Waals surface area contributed by atoms with Crippen LogP contribution in [-0.2, 0) is 31.5 Å². The summed E-state index contributed by atoms with van der Waals surface area (Å²) in [5.74, 6) is 1.67. The fraction of sp³-hybridized carbons (Fsp3) is 0.667. The zero-order chi connectivity index (χ0) is 23.8. The molecular formula is C24H36N4O4S. The van der Waals surface area contributed by atoms with Crippen LogP contribution < -0.4 is 5.32 Å². The molecule has 0 bridgehead atoms. The molecule has 0 aliphatic carbocycles. The Morgan fingerprint density at radius 2 is 1.88 bits per heavy atom. The molecule has 0 saturated carbocycles. The Labute approximate surface area is 196 Å². The van der Waals surface area contributed by atoms with Gasteiger partial charge >= 0.3 is 0 Å². The highest BCUT2D eigenvalue weighted by molar-refractivity contribution is 7.89. The number of fused-ring (bicyclic) bond motifs is 1. The van der Waals surface area contributed by atoms with Gasteiger partial charge in [0.1, 0.15) is 5.82 Å². The van der Waals surface area contributed by atoms with Crippen LogP contribution in [0.4, 0.5) is 0 Å². The lowest BCUT2D eigenvalue weighted by atomic mass is 9.94. The largest absolute Gasteiger partial charge is 0.381 e. The molecule has 9 heteroatoms. The molecule has 0 unspecified atom stereocenters. The molecule has 0 radical (unpaired) electrons. The Morgan fingerprint density at radius 3 is 2.52 bits per heavy atom. The van der Waals surface area contributed by atoms with Gasteiger partial charge in [-0.2, -0.15) is 4.31 Å². The van der Waals surface area contributed by atoms with Crippen LogP contribution in [0, 0.1) is 11.8 Å². The van der Waals surface area contributed by atoms with Gasteiger partial charge in [0.2, 0.25) is 15.9 Å². The fourth-order valence-corrected chi connectivity index (χ4v) is 6.21. The second kappa shape index (κ2) is 9.35. The molecule has 2 aliphatic heterocycles. The van der Waals surface area contributed by atoms with Crippen molar-refractivity contribution in [3.8, 4) is 0 Å². The summed E-state index contributed by atoms with van der Waals surface area (Å²) in [6, 6.07) is 5.33. The molecular weight excluding hydrogens is 440 g/mol. The predicted octanol–water partition coefficient (Wildman–Crippen LogP) is 2.91. The van der Waals surface area contributed by atoms with Crippen molar-refractivity contribution in [2.24, 2.45) is 11.8 Å². The molecule has 3 heterocycles.